The van der Waals surface area contributed by atoms with Crippen LogP contribution in [0.1, 0.15) is 28.4 Å². The number of nitrogens with one attached hydrogen (secondary N) is 2. The minimum Gasteiger partial charge on any atom is -0.386 e. The number of amides is 1. The maximum Gasteiger partial charge on any atom is 0.257 e. The Morgan fingerprint density at radius 3 is 2.80 bits per heavy atom. The van der Waals surface area contributed by atoms with Gasteiger partial charge in [0.1, 0.15) is 0 Å². The Morgan fingerprint density at radius 1 is 1.30 bits per heavy atom. The molecule has 0 saturated heterocycles. The average molecular weight is 269 g/mol. The maximum absolute atomic E-state index is 12.4. The highest BCUT2D eigenvalue weighted by molar-refractivity contribution is 6.08. The quantitative estimate of drug-likeness (QED) is 0.895. The highest BCUT2D eigenvalue weighted by atomic mass is 16.1. The Bertz CT molecular complexity index is 623. The summed E-state index contributed by atoms with van der Waals surface area (Å²) in [6, 6.07) is 7.76. The number of rotatable bonds is 4. The van der Waals surface area contributed by atoms with Crippen molar-refractivity contribution < 1.29 is 4.79 Å². The van der Waals surface area contributed by atoms with Gasteiger partial charge < -0.3 is 10.6 Å². The van der Waals surface area contributed by atoms with Crippen molar-refractivity contribution in [2.45, 2.75) is 20.3 Å². The lowest BCUT2D eigenvalue weighted by molar-refractivity contribution is 0.102. The van der Waals surface area contributed by atoms with E-state index in [2.05, 4.69) is 22.5 Å². The second-order valence-corrected chi connectivity index (χ2v) is 4.59. The van der Waals surface area contributed by atoms with E-state index in [-0.39, 0.29) is 5.91 Å². The van der Waals surface area contributed by atoms with Crippen LogP contribution in [0.3, 0.4) is 0 Å². The highest BCUT2D eigenvalue weighted by Gasteiger charge is 2.13. The van der Waals surface area contributed by atoms with Crippen LogP contribution in [0.15, 0.2) is 36.7 Å². The van der Waals surface area contributed by atoms with Gasteiger partial charge in [-0.1, -0.05) is 25.1 Å². The molecule has 0 bridgehead atoms. The summed E-state index contributed by atoms with van der Waals surface area (Å²) in [5.41, 5.74) is 4.42. The molecule has 0 atom stereocenters. The molecule has 1 amide bonds. The van der Waals surface area contributed by atoms with Crippen LogP contribution in [-0.2, 0) is 6.42 Å². The molecule has 4 nitrogen and oxygen atoms in total. The number of carbonyl (C=O) groups is 1. The van der Waals surface area contributed by atoms with Gasteiger partial charge in [0.15, 0.2) is 0 Å². The topological polar surface area (TPSA) is 54.0 Å². The van der Waals surface area contributed by atoms with E-state index < -0.39 is 0 Å². The first-order chi connectivity index (χ1) is 9.67. The van der Waals surface area contributed by atoms with E-state index in [1.165, 1.54) is 0 Å². The maximum atomic E-state index is 12.4. The van der Waals surface area contributed by atoms with Crippen molar-refractivity contribution in [2.24, 2.45) is 0 Å². The van der Waals surface area contributed by atoms with E-state index in [4.69, 9.17) is 0 Å². The van der Waals surface area contributed by atoms with Gasteiger partial charge in [-0.3, -0.25) is 9.78 Å². The third-order valence-corrected chi connectivity index (χ3v) is 3.31. The Hall–Kier alpha value is -2.36. The molecule has 1 aromatic heterocycles. The van der Waals surface area contributed by atoms with Gasteiger partial charge in [-0.2, -0.15) is 0 Å². The molecule has 2 aromatic rings. The van der Waals surface area contributed by atoms with Crippen molar-refractivity contribution >= 4 is 17.3 Å². The summed E-state index contributed by atoms with van der Waals surface area (Å²) >= 11 is 0. The second-order valence-electron chi connectivity index (χ2n) is 4.59. The predicted octanol–water partition coefficient (Wildman–Crippen LogP) is 3.25. The van der Waals surface area contributed by atoms with E-state index in [1.54, 1.807) is 25.5 Å². The number of pyridine rings is 1. The van der Waals surface area contributed by atoms with Crippen molar-refractivity contribution in [1.82, 2.24) is 4.98 Å². The van der Waals surface area contributed by atoms with E-state index in [1.807, 2.05) is 25.1 Å². The van der Waals surface area contributed by atoms with Gasteiger partial charge in [0.25, 0.3) is 5.91 Å². The normalized spacial score (nSPS) is 10.2. The smallest absolute Gasteiger partial charge is 0.257 e. The zero-order valence-corrected chi connectivity index (χ0v) is 12.0. The van der Waals surface area contributed by atoms with E-state index in [0.29, 0.717) is 5.56 Å². The van der Waals surface area contributed by atoms with E-state index >= 15 is 0 Å². The van der Waals surface area contributed by atoms with Gasteiger partial charge in [0, 0.05) is 18.9 Å². The fraction of sp³-hybridized carbons (Fsp3) is 0.250. The summed E-state index contributed by atoms with van der Waals surface area (Å²) in [5, 5.41) is 6.00. The first-order valence-corrected chi connectivity index (χ1v) is 6.69. The number of benzene rings is 1. The zero-order chi connectivity index (χ0) is 14.5. The molecule has 0 aliphatic carbocycles. The monoisotopic (exact) mass is 269 g/mol. The van der Waals surface area contributed by atoms with E-state index in [9.17, 15) is 4.79 Å². The van der Waals surface area contributed by atoms with Gasteiger partial charge in [-0.05, 0) is 30.5 Å². The number of carbonyl (C=O) groups excluding carboxylic acids is 1. The molecule has 1 heterocycles. The molecule has 0 spiro atoms. The lowest BCUT2D eigenvalue weighted by atomic mass is 10.1. The first kappa shape index (κ1) is 14.1. The van der Waals surface area contributed by atoms with Crippen LogP contribution in [0.5, 0.6) is 0 Å². The predicted molar refractivity (Wildman–Crippen MR) is 82.3 cm³/mol. The van der Waals surface area contributed by atoms with Crippen molar-refractivity contribution in [2.75, 3.05) is 17.7 Å². The average Bonchev–Trinajstić information content (AvgIpc) is 2.49. The molecule has 0 aliphatic rings. The van der Waals surface area contributed by atoms with Crippen molar-refractivity contribution in [1.29, 1.82) is 0 Å². The Kier molecular flexibility index (Phi) is 4.35. The molecule has 20 heavy (non-hydrogen) atoms. The largest absolute Gasteiger partial charge is 0.386 e. The summed E-state index contributed by atoms with van der Waals surface area (Å²) in [7, 11) is 1.78. The van der Waals surface area contributed by atoms with E-state index in [0.717, 1.165) is 28.9 Å². The number of nitrogens with zero attached hydrogens (tertiary/aromatic N) is 1. The van der Waals surface area contributed by atoms with Gasteiger partial charge >= 0.3 is 0 Å². The summed E-state index contributed by atoms with van der Waals surface area (Å²) in [5.74, 6) is -0.124. The SMILES string of the molecule is CCc1cccc(C)c1NC(=O)c1ccncc1NC. The number of aryl methyl sites for hydroxylation is 2. The molecule has 104 valence electrons. The number of anilines is 2. The molecule has 0 aliphatic heterocycles. The second kappa shape index (κ2) is 6.19. The molecule has 1 aromatic carbocycles. The third-order valence-electron chi connectivity index (χ3n) is 3.31. The van der Waals surface area contributed by atoms with Gasteiger partial charge in [-0.15, -0.1) is 0 Å². The number of hydrogen-bond acceptors (Lipinski definition) is 3. The minimum atomic E-state index is -0.124. The van der Waals surface area contributed by atoms with Crippen LogP contribution in [0.2, 0.25) is 0 Å². The summed E-state index contributed by atoms with van der Waals surface area (Å²) in [6.07, 6.45) is 4.15. The van der Waals surface area contributed by atoms with Crippen LogP contribution in [-0.4, -0.2) is 17.9 Å². The first-order valence-electron chi connectivity index (χ1n) is 6.69. The molecule has 2 N–H and O–H groups in total. The molecule has 2 rings (SSSR count). The standard InChI is InChI=1S/C16H19N3O/c1-4-12-7-5-6-11(2)15(12)19-16(20)13-8-9-18-10-14(13)17-3/h5-10,17H,4H2,1-3H3,(H,19,20). The molecule has 0 saturated carbocycles. The number of hydrogen-bond donors (Lipinski definition) is 2. The molecular weight excluding hydrogens is 250 g/mol. The van der Waals surface area contributed by atoms with Gasteiger partial charge in [0.05, 0.1) is 17.4 Å². The molecule has 0 fully saturated rings. The zero-order valence-electron chi connectivity index (χ0n) is 12.0. The fourth-order valence-electron chi connectivity index (χ4n) is 2.17. The van der Waals surface area contributed by atoms with Gasteiger partial charge in [0.2, 0.25) is 0 Å². The van der Waals surface area contributed by atoms with Crippen LogP contribution in [0.4, 0.5) is 11.4 Å². The summed E-state index contributed by atoms with van der Waals surface area (Å²) < 4.78 is 0. The molecule has 4 heteroatoms. The highest BCUT2D eigenvalue weighted by Crippen LogP contribution is 2.23. The Balaban J connectivity index is 2.33. The van der Waals surface area contributed by atoms with Crippen molar-refractivity contribution in [3.8, 4) is 0 Å². The van der Waals surface area contributed by atoms with Crippen LogP contribution in [0, 0.1) is 6.92 Å². The minimum absolute atomic E-state index is 0.124. The van der Waals surface area contributed by atoms with Gasteiger partial charge in [-0.25, -0.2) is 0 Å². The molecule has 0 unspecified atom stereocenters. The Morgan fingerprint density at radius 2 is 2.10 bits per heavy atom. The molecule has 0 radical (unpaired) electrons. The fourth-order valence-corrected chi connectivity index (χ4v) is 2.17. The summed E-state index contributed by atoms with van der Waals surface area (Å²) in [4.78, 5) is 16.4. The number of para-hydroxylation sites is 1. The lowest BCUT2D eigenvalue weighted by Gasteiger charge is -2.14. The third kappa shape index (κ3) is 2.79. The lowest BCUT2D eigenvalue weighted by Crippen LogP contribution is -2.16. The van der Waals surface area contributed by atoms with Crippen LogP contribution in [0.25, 0.3) is 0 Å². The Labute approximate surface area is 119 Å². The van der Waals surface area contributed by atoms with Crippen LogP contribution < -0.4 is 10.6 Å². The summed E-state index contributed by atoms with van der Waals surface area (Å²) in [6.45, 7) is 4.08. The van der Waals surface area contributed by atoms with Crippen LogP contribution >= 0.6 is 0 Å². The van der Waals surface area contributed by atoms with Crippen molar-refractivity contribution in [3.63, 3.8) is 0 Å². The molecular formula is C16H19N3O. The van der Waals surface area contributed by atoms with Crippen molar-refractivity contribution in [3.05, 3.63) is 53.3 Å². The number of aromatic nitrogens is 1.